The molecule has 1 saturated carbocycles. The van der Waals surface area contributed by atoms with Crippen LogP contribution in [0.3, 0.4) is 0 Å². The number of benzene rings is 1. The van der Waals surface area contributed by atoms with E-state index in [2.05, 4.69) is 11.9 Å². The van der Waals surface area contributed by atoms with Gasteiger partial charge in [0.25, 0.3) is 0 Å². The van der Waals surface area contributed by atoms with Gasteiger partial charge in [-0.25, -0.2) is 9.79 Å². The standard InChI is InChI=1S/C19H15NO5/c1-10-6-13(10)15-5-3-12(24-15)8-14-19(21)25-18(20-14)11-2-4-16-17(7-11)23-9-22-16/h2-5,7-8,10,13H,6,9H2,1H3/b14-8-/t10-,13+/m1/s1. The Hall–Kier alpha value is -3.02. The second-order valence-corrected chi connectivity index (χ2v) is 6.46. The van der Waals surface area contributed by atoms with Gasteiger partial charge in [-0.3, -0.25) is 0 Å². The van der Waals surface area contributed by atoms with Gasteiger partial charge in [0.05, 0.1) is 0 Å². The molecule has 2 aliphatic heterocycles. The first-order valence-electron chi connectivity index (χ1n) is 8.20. The van der Waals surface area contributed by atoms with Gasteiger partial charge in [0.1, 0.15) is 11.5 Å². The van der Waals surface area contributed by atoms with Crippen LogP contribution in [-0.2, 0) is 9.53 Å². The molecule has 0 unspecified atom stereocenters. The molecule has 25 heavy (non-hydrogen) atoms. The van der Waals surface area contributed by atoms with Crippen LogP contribution in [-0.4, -0.2) is 18.7 Å². The molecule has 1 aromatic carbocycles. The largest absolute Gasteiger partial charge is 0.461 e. The fraction of sp³-hybridized carbons (Fsp3) is 0.263. The Morgan fingerprint density at radius 1 is 1.16 bits per heavy atom. The highest BCUT2D eigenvalue weighted by Gasteiger charge is 2.36. The Morgan fingerprint density at radius 3 is 2.84 bits per heavy atom. The second kappa shape index (κ2) is 5.24. The first-order chi connectivity index (χ1) is 12.2. The highest BCUT2D eigenvalue weighted by atomic mass is 16.7. The number of esters is 1. The summed E-state index contributed by atoms with van der Waals surface area (Å²) in [5.74, 6) is 3.77. The predicted molar refractivity (Wildman–Crippen MR) is 88.4 cm³/mol. The van der Waals surface area contributed by atoms with Gasteiger partial charge in [-0.05, 0) is 42.7 Å². The van der Waals surface area contributed by atoms with Crippen LogP contribution in [0.15, 0.2) is 45.4 Å². The van der Waals surface area contributed by atoms with Crippen molar-refractivity contribution in [1.29, 1.82) is 0 Å². The molecule has 6 heteroatoms. The van der Waals surface area contributed by atoms with E-state index in [9.17, 15) is 4.79 Å². The third-order valence-corrected chi connectivity index (χ3v) is 4.64. The second-order valence-electron chi connectivity index (χ2n) is 6.46. The van der Waals surface area contributed by atoms with E-state index in [1.807, 2.05) is 12.1 Å². The SMILES string of the molecule is C[C@@H]1C[C@@H]1c1ccc(/C=C2\N=C(c3ccc4c(c3)OCO4)OC2=O)o1. The number of rotatable bonds is 3. The number of carbonyl (C=O) groups is 1. The number of cyclic esters (lactones) is 1. The molecule has 0 radical (unpaired) electrons. The zero-order chi connectivity index (χ0) is 17.0. The van der Waals surface area contributed by atoms with Crippen molar-refractivity contribution in [3.63, 3.8) is 0 Å². The van der Waals surface area contributed by atoms with Gasteiger partial charge in [-0.2, -0.15) is 0 Å². The van der Waals surface area contributed by atoms with E-state index >= 15 is 0 Å². The minimum atomic E-state index is -0.495. The minimum absolute atomic E-state index is 0.191. The van der Waals surface area contributed by atoms with Crippen molar-refractivity contribution in [2.24, 2.45) is 10.9 Å². The maximum Gasteiger partial charge on any atom is 0.363 e. The maximum absolute atomic E-state index is 12.1. The van der Waals surface area contributed by atoms with E-state index in [4.69, 9.17) is 18.6 Å². The van der Waals surface area contributed by atoms with Gasteiger partial charge in [0, 0.05) is 17.6 Å². The quantitative estimate of drug-likeness (QED) is 0.633. The summed E-state index contributed by atoms with van der Waals surface area (Å²) >= 11 is 0. The van der Waals surface area contributed by atoms with Crippen LogP contribution >= 0.6 is 0 Å². The normalized spacial score (nSPS) is 25.2. The molecule has 1 aliphatic carbocycles. The molecule has 6 nitrogen and oxygen atoms in total. The van der Waals surface area contributed by atoms with Crippen molar-refractivity contribution in [3.8, 4) is 11.5 Å². The molecular formula is C19H15NO5. The summed E-state index contributed by atoms with van der Waals surface area (Å²) in [5.41, 5.74) is 0.880. The maximum atomic E-state index is 12.1. The summed E-state index contributed by atoms with van der Waals surface area (Å²) in [6.07, 6.45) is 2.76. The predicted octanol–water partition coefficient (Wildman–Crippen LogP) is 3.48. The molecule has 0 N–H and O–H groups in total. The van der Waals surface area contributed by atoms with E-state index in [0.717, 1.165) is 12.2 Å². The van der Waals surface area contributed by atoms with Crippen molar-refractivity contribution >= 4 is 17.9 Å². The Morgan fingerprint density at radius 2 is 2.00 bits per heavy atom. The van der Waals surface area contributed by atoms with Gasteiger partial charge in [-0.15, -0.1) is 0 Å². The minimum Gasteiger partial charge on any atom is -0.461 e. The molecular weight excluding hydrogens is 322 g/mol. The van der Waals surface area contributed by atoms with Gasteiger partial charge in [-0.1, -0.05) is 6.92 Å². The molecule has 2 aromatic rings. The number of carbonyl (C=O) groups excluding carboxylic acids is 1. The number of nitrogens with zero attached hydrogens (tertiary/aromatic N) is 1. The van der Waals surface area contributed by atoms with Crippen LogP contribution < -0.4 is 9.47 Å². The van der Waals surface area contributed by atoms with Crippen molar-refractivity contribution in [2.45, 2.75) is 19.3 Å². The zero-order valence-corrected chi connectivity index (χ0v) is 13.5. The first-order valence-corrected chi connectivity index (χ1v) is 8.20. The van der Waals surface area contributed by atoms with Gasteiger partial charge >= 0.3 is 5.97 Å². The average Bonchev–Trinajstić information content (AvgIpc) is 3.03. The lowest BCUT2D eigenvalue weighted by molar-refractivity contribution is -0.129. The van der Waals surface area contributed by atoms with Crippen LogP contribution in [0.4, 0.5) is 0 Å². The van der Waals surface area contributed by atoms with Crippen LogP contribution in [0, 0.1) is 5.92 Å². The van der Waals surface area contributed by atoms with E-state index < -0.39 is 5.97 Å². The smallest absolute Gasteiger partial charge is 0.363 e. The first kappa shape index (κ1) is 14.3. The van der Waals surface area contributed by atoms with E-state index in [1.165, 1.54) is 0 Å². The van der Waals surface area contributed by atoms with Crippen molar-refractivity contribution in [2.75, 3.05) is 6.79 Å². The fourth-order valence-corrected chi connectivity index (χ4v) is 3.06. The molecule has 3 aliphatic rings. The average molecular weight is 337 g/mol. The van der Waals surface area contributed by atoms with E-state index in [1.54, 1.807) is 24.3 Å². The number of hydrogen-bond acceptors (Lipinski definition) is 6. The monoisotopic (exact) mass is 337 g/mol. The third-order valence-electron chi connectivity index (χ3n) is 4.64. The molecule has 3 heterocycles. The Labute approximate surface area is 143 Å². The van der Waals surface area contributed by atoms with Crippen LogP contribution in [0.5, 0.6) is 11.5 Å². The Kier molecular flexibility index (Phi) is 3.00. The zero-order valence-electron chi connectivity index (χ0n) is 13.5. The molecule has 2 atom stereocenters. The molecule has 0 amide bonds. The van der Waals surface area contributed by atoms with Gasteiger partial charge in [0.15, 0.2) is 17.2 Å². The molecule has 126 valence electrons. The van der Waals surface area contributed by atoms with Crippen LogP contribution in [0.25, 0.3) is 6.08 Å². The van der Waals surface area contributed by atoms with E-state index in [-0.39, 0.29) is 18.4 Å². The van der Waals surface area contributed by atoms with Crippen molar-refractivity contribution in [1.82, 2.24) is 0 Å². The number of fused-ring (bicyclic) bond motifs is 1. The summed E-state index contributed by atoms with van der Waals surface area (Å²) in [6.45, 7) is 2.39. The molecule has 1 fully saturated rings. The van der Waals surface area contributed by atoms with Gasteiger partial charge in [0.2, 0.25) is 12.7 Å². The fourth-order valence-electron chi connectivity index (χ4n) is 3.06. The summed E-state index contributed by atoms with van der Waals surface area (Å²) in [7, 11) is 0. The number of aliphatic imine (C=N–C) groups is 1. The molecule has 0 bridgehead atoms. The van der Waals surface area contributed by atoms with Crippen LogP contribution in [0.2, 0.25) is 0 Å². The van der Waals surface area contributed by atoms with Crippen molar-refractivity contribution < 1.29 is 23.4 Å². The highest BCUT2D eigenvalue weighted by Crippen LogP contribution is 2.47. The Balaban J connectivity index is 1.42. The topological polar surface area (TPSA) is 70.3 Å². The molecule has 0 spiro atoms. The third kappa shape index (κ3) is 2.50. The summed E-state index contributed by atoms with van der Waals surface area (Å²) in [4.78, 5) is 16.4. The highest BCUT2D eigenvalue weighted by molar-refractivity contribution is 6.12. The molecule has 5 rings (SSSR count). The Bertz CT molecular complexity index is 939. The van der Waals surface area contributed by atoms with Gasteiger partial charge < -0.3 is 18.6 Å². The molecule has 1 aromatic heterocycles. The lowest BCUT2D eigenvalue weighted by Gasteiger charge is -2.01. The van der Waals surface area contributed by atoms with E-state index in [0.29, 0.717) is 34.7 Å². The summed E-state index contributed by atoms with van der Waals surface area (Å²) in [6, 6.07) is 9.11. The lowest BCUT2D eigenvalue weighted by Crippen LogP contribution is -2.05. The lowest BCUT2D eigenvalue weighted by atomic mass is 10.2. The van der Waals surface area contributed by atoms with Crippen LogP contribution in [0.1, 0.15) is 36.3 Å². The molecule has 0 saturated heterocycles. The summed E-state index contributed by atoms with van der Waals surface area (Å²) < 4.78 is 21.7. The summed E-state index contributed by atoms with van der Waals surface area (Å²) in [5, 5.41) is 0. The number of ether oxygens (including phenoxy) is 3. The number of furan rings is 1. The van der Waals surface area contributed by atoms with Crippen molar-refractivity contribution in [3.05, 3.63) is 53.1 Å². The number of hydrogen-bond donors (Lipinski definition) is 0.